The minimum absolute atomic E-state index is 0.0911. The van der Waals surface area contributed by atoms with Crippen molar-refractivity contribution in [3.8, 4) is 0 Å². The fourth-order valence-corrected chi connectivity index (χ4v) is 2.99. The summed E-state index contributed by atoms with van der Waals surface area (Å²) in [4.78, 5) is 37.6. The van der Waals surface area contributed by atoms with Gasteiger partial charge in [0.05, 0.1) is 5.56 Å². The molecule has 0 atom stereocenters. The number of benzene rings is 2. The van der Waals surface area contributed by atoms with Crippen LogP contribution in [0.15, 0.2) is 42.5 Å². The maximum absolute atomic E-state index is 12.1. The minimum atomic E-state index is -0.578. The van der Waals surface area contributed by atoms with E-state index in [1.165, 1.54) is 0 Å². The van der Waals surface area contributed by atoms with E-state index < -0.39 is 11.9 Å². The monoisotopic (exact) mass is 366 g/mol. The van der Waals surface area contributed by atoms with Crippen LogP contribution in [0.5, 0.6) is 0 Å². The summed E-state index contributed by atoms with van der Waals surface area (Å²) >= 11 is 0. The van der Waals surface area contributed by atoms with Crippen LogP contribution in [0.4, 0.5) is 11.4 Å². The third-order valence-electron chi connectivity index (χ3n) is 4.70. The van der Waals surface area contributed by atoms with Crippen LogP contribution >= 0.6 is 0 Å². The summed E-state index contributed by atoms with van der Waals surface area (Å²) in [5.41, 5.74) is 3.85. The summed E-state index contributed by atoms with van der Waals surface area (Å²) in [6.45, 7) is 4.22. The number of carbonyl (C=O) groups is 3. The van der Waals surface area contributed by atoms with Crippen LogP contribution in [-0.2, 0) is 14.3 Å². The first-order valence-electron chi connectivity index (χ1n) is 8.89. The molecule has 2 amide bonds. The normalized spacial score (nSPS) is 13.6. The first kappa shape index (κ1) is 18.6. The van der Waals surface area contributed by atoms with Crippen molar-refractivity contribution in [1.29, 1.82) is 0 Å². The largest absolute Gasteiger partial charge is 0.452 e. The van der Waals surface area contributed by atoms with E-state index >= 15 is 0 Å². The fraction of sp³-hybridized carbons (Fsp3) is 0.286. The molecule has 6 nitrogen and oxygen atoms in total. The van der Waals surface area contributed by atoms with Crippen molar-refractivity contribution in [3.63, 3.8) is 0 Å². The molecular formula is C21H22N2O4. The molecule has 6 heteroatoms. The molecule has 0 aliphatic carbocycles. The molecule has 1 saturated heterocycles. The highest BCUT2D eigenvalue weighted by atomic mass is 16.5. The van der Waals surface area contributed by atoms with Gasteiger partial charge in [0, 0.05) is 24.3 Å². The molecule has 2 aromatic rings. The lowest BCUT2D eigenvalue weighted by molar-refractivity contribution is -0.119. The fourth-order valence-electron chi connectivity index (χ4n) is 2.99. The molecular weight excluding hydrogens is 344 g/mol. The van der Waals surface area contributed by atoms with Crippen molar-refractivity contribution < 1.29 is 19.1 Å². The average molecular weight is 366 g/mol. The Morgan fingerprint density at radius 1 is 1.11 bits per heavy atom. The number of rotatable bonds is 5. The van der Waals surface area contributed by atoms with Gasteiger partial charge in [-0.25, -0.2) is 4.79 Å². The van der Waals surface area contributed by atoms with Crippen LogP contribution in [0.25, 0.3) is 0 Å². The summed E-state index contributed by atoms with van der Waals surface area (Å²) in [7, 11) is 0. The number of nitrogens with zero attached hydrogens (tertiary/aromatic N) is 1. The van der Waals surface area contributed by atoms with Gasteiger partial charge in [0.15, 0.2) is 6.61 Å². The Morgan fingerprint density at radius 2 is 1.85 bits per heavy atom. The van der Waals surface area contributed by atoms with Crippen LogP contribution < -0.4 is 10.2 Å². The van der Waals surface area contributed by atoms with Crippen molar-refractivity contribution in [2.45, 2.75) is 26.7 Å². The Morgan fingerprint density at radius 3 is 2.52 bits per heavy atom. The number of aryl methyl sites for hydroxylation is 1. The third-order valence-corrected chi connectivity index (χ3v) is 4.70. The number of nitrogens with one attached hydrogen (secondary N) is 1. The van der Waals surface area contributed by atoms with Gasteiger partial charge >= 0.3 is 5.97 Å². The third kappa shape index (κ3) is 4.34. The maximum Gasteiger partial charge on any atom is 0.338 e. The van der Waals surface area contributed by atoms with E-state index in [2.05, 4.69) is 5.32 Å². The molecule has 0 radical (unpaired) electrons. The summed E-state index contributed by atoms with van der Waals surface area (Å²) < 4.78 is 5.09. The predicted molar refractivity (Wildman–Crippen MR) is 103 cm³/mol. The summed E-state index contributed by atoms with van der Waals surface area (Å²) in [5, 5.41) is 2.75. The number of esters is 1. The lowest BCUT2D eigenvalue weighted by Gasteiger charge is -2.15. The van der Waals surface area contributed by atoms with E-state index in [9.17, 15) is 14.4 Å². The van der Waals surface area contributed by atoms with Crippen LogP contribution in [0.2, 0.25) is 0 Å². The molecule has 1 heterocycles. The number of carbonyl (C=O) groups excluding carboxylic acids is 3. The highest BCUT2D eigenvalue weighted by molar-refractivity contribution is 5.97. The molecule has 0 saturated carbocycles. The Labute approximate surface area is 158 Å². The van der Waals surface area contributed by atoms with E-state index in [0.29, 0.717) is 24.2 Å². The first-order valence-corrected chi connectivity index (χ1v) is 8.89. The number of hydrogen-bond acceptors (Lipinski definition) is 4. The van der Waals surface area contributed by atoms with Crippen LogP contribution in [0.1, 0.15) is 34.3 Å². The van der Waals surface area contributed by atoms with Gasteiger partial charge in [-0.3, -0.25) is 9.59 Å². The van der Waals surface area contributed by atoms with E-state index in [4.69, 9.17) is 4.74 Å². The highest BCUT2D eigenvalue weighted by Crippen LogP contribution is 2.22. The second-order valence-corrected chi connectivity index (χ2v) is 6.57. The maximum atomic E-state index is 12.1. The zero-order valence-corrected chi connectivity index (χ0v) is 15.5. The van der Waals surface area contributed by atoms with Gasteiger partial charge in [0.25, 0.3) is 5.91 Å². The van der Waals surface area contributed by atoms with Gasteiger partial charge in [0.2, 0.25) is 5.91 Å². The molecule has 0 aromatic heterocycles. The molecule has 0 spiro atoms. The second-order valence-electron chi connectivity index (χ2n) is 6.57. The van der Waals surface area contributed by atoms with Crippen molar-refractivity contribution in [3.05, 3.63) is 59.2 Å². The minimum Gasteiger partial charge on any atom is -0.452 e. The first-order chi connectivity index (χ1) is 13.0. The number of amides is 2. The molecule has 1 fully saturated rings. The Hall–Kier alpha value is -3.15. The standard InChI is InChI=1S/C21H22N2O4/c1-14-5-3-6-18(15(14)2)22-19(24)13-27-21(26)16-8-10-17(11-9-16)23-12-4-7-20(23)25/h3,5-6,8-11H,4,7,12-13H2,1-2H3,(H,22,24). The van der Waals surface area contributed by atoms with Crippen LogP contribution in [0, 0.1) is 13.8 Å². The molecule has 140 valence electrons. The SMILES string of the molecule is Cc1cccc(NC(=O)COC(=O)c2ccc(N3CCCC3=O)cc2)c1C. The molecule has 1 aliphatic heterocycles. The average Bonchev–Trinajstić information content (AvgIpc) is 3.09. The van der Waals surface area contributed by atoms with Gasteiger partial charge in [-0.05, 0) is 61.7 Å². The predicted octanol–water partition coefficient (Wildman–Crippen LogP) is 3.23. The second kappa shape index (κ2) is 8.03. The molecule has 27 heavy (non-hydrogen) atoms. The van der Waals surface area contributed by atoms with E-state index in [1.54, 1.807) is 35.2 Å². The van der Waals surface area contributed by atoms with Crippen molar-refractivity contribution >= 4 is 29.2 Å². The molecule has 0 unspecified atom stereocenters. The van der Waals surface area contributed by atoms with Crippen molar-refractivity contribution in [2.75, 3.05) is 23.4 Å². The lowest BCUT2D eigenvalue weighted by atomic mass is 10.1. The van der Waals surface area contributed by atoms with Crippen LogP contribution in [0.3, 0.4) is 0 Å². The Bertz CT molecular complexity index is 874. The number of anilines is 2. The van der Waals surface area contributed by atoms with E-state index in [-0.39, 0.29) is 12.5 Å². The Balaban J connectivity index is 1.55. The molecule has 2 aromatic carbocycles. The lowest BCUT2D eigenvalue weighted by Crippen LogP contribution is -2.24. The topological polar surface area (TPSA) is 75.7 Å². The zero-order valence-electron chi connectivity index (χ0n) is 15.5. The van der Waals surface area contributed by atoms with Gasteiger partial charge < -0.3 is 15.0 Å². The Kier molecular flexibility index (Phi) is 5.54. The van der Waals surface area contributed by atoms with Gasteiger partial charge in [-0.1, -0.05) is 12.1 Å². The molecule has 1 N–H and O–H groups in total. The quantitative estimate of drug-likeness (QED) is 0.825. The van der Waals surface area contributed by atoms with Gasteiger partial charge in [0.1, 0.15) is 0 Å². The smallest absolute Gasteiger partial charge is 0.338 e. The summed E-state index contributed by atoms with van der Waals surface area (Å²) in [5.74, 6) is -0.879. The molecule has 0 bridgehead atoms. The van der Waals surface area contributed by atoms with E-state index in [1.807, 2.05) is 26.0 Å². The number of ether oxygens (including phenoxy) is 1. The zero-order chi connectivity index (χ0) is 19.4. The van der Waals surface area contributed by atoms with Gasteiger partial charge in [-0.15, -0.1) is 0 Å². The van der Waals surface area contributed by atoms with Gasteiger partial charge in [-0.2, -0.15) is 0 Å². The summed E-state index contributed by atoms with van der Waals surface area (Å²) in [6, 6.07) is 12.3. The van der Waals surface area contributed by atoms with E-state index in [0.717, 1.165) is 23.2 Å². The van der Waals surface area contributed by atoms with Crippen LogP contribution in [-0.4, -0.2) is 30.9 Å². The van der Waals surface area contributed by atoms with Crippen molar-refractivity contribution in [1.82, 2.24) is 0 Å². The highest BCUT2D eigenvalue weighted by Gasteiger charge is 2.22. The summed E-state index contributed by atoms with van der Waals surface area (Å²) in [6.07, 6.45) is 1.40. The number of hydrogen-bond donors (Lipinski definition) is 1. The van der Waals surface area contributed by atoms with Crippen molar-refractivity contribution in [2.24, 2.45) is 0 Å². The molecule has 1 aliphatic rings. The molecule has 3 rings (SSSR count).